The van der Waals surface area contributed by atoms with Gasteiger partial charge in [0.25, 0.3) is 5.91 Å². The minimum atomic E-state index is -3.77. The van der Waals surface area contributed by atoms with Gasteiger partial charge in [-0.05, 0) is 55.0 Å². The van der Waals surface area contributed by atoms with Crippen molar-refractivity contribution in [3.63, 3.8) is 0 Å². The molecule has 26 heavy (non-hydrogen) atoms. The van der Waals surface area contributed by atoms with Gasteiger partial charge in [0.2, 0.25) is 15.9 Å². The number of sulfonamides is 1. The van der Waals surface area contributed by atoms with E-state index in [0.717, 1.165) is 12.8 Å². The summed E-state index contributed by atoms with van der Waals surface area (Å²) >= 11 is 0. The van der Waals surface area contributed by atoms with Crippen molar-refractivity contribution in [3.05, 3.63) is 54.1 Å². The highest BCUT2D eigenvalue weighted by atomic mass is 32.2. The van der Waals surface area contributed by atoms with Crippen molar-refractivity contribution < 1.29 is 18.0 Å². The molecule has 2 aromatic rings. The third-order valence-electron chi connectivity index (χ3n) is 3.63. The molecule has 0 aromatic heterocycles. The van der Waals surface area contributed by atoms with Crippen LogP contribution in [0.1, 0.15) is 36.5 Å². The summed E-state index contributed by atoms with van der Waals surface area (Å²) in [5, 5.41) is 10.5. The molecule has 7 nitrogen and oxygen atoms in total. The lowest BCUT2D eigenvalue weighted by molar-refractivity contribution is -0.116. The largest absolute Gasteiger partial charge is 0.326 e. The second kappa shape index (κ2) is 8.59. The van der Waals surface area contributed by atoms with E-state index in [0.29, 0.717) is 23.4 Å². The van der Waals surface area contributed by atoms with Crippen molar-refractivity contribution >= 4 is 33.2 Å². The van der Waals surface area contributed by atoms with Crippen molar-refractivity contribution in [1.82, 2.24) is 0 Å². The number of benzene rings is 2. The van der Waals surface area contributed by atoms with Gasteiger partial charge in [0, 0.05) is 23.4 Å². The number of rotatable bonds is 7. The van der Waals surface area contributed by atoms with Crippen molar-refractivity contribution in [3.8, 4) is 0 Å². The van der Waals surface area contributed by atoms with Crippen LogP contribution in [-0.4, -0.2) is 20.2 Å². The van der Waals surface area contributed by atoms with Crippen LogP contribution in [0.2, 0.25) is 0 Å². The first kappa shape index (κ1) is 19.6. The highest BCUT2D eigenvalue weighted by Crippen LogP contribution is 2.15. The zero-order chi connectivity index (χ0) is 19.2. The van der Waals surface area contributed by atoms with Crippen LogP contribution in [0.25, 0.3) is 0 Å². The molecular weight excluding hydrogens is 354 g/mol. The summed E-state index contributed by atoms with van der Waals surface area (Å²) in [4.78, 5) is 23.9. The number of unbranched alkanes of at least 4 members (excludes halogenated alkanes) is 1. The average Bonchev–Trinajstić information content (AvgIpc) is 2.60. The van der Waals surface area contributed by atoms with E-state index in [1.165, 1.54) is 24.3 Å². The standard InChI is InChI=1S/C18H21N3O4S/c1-2-3-4-17(22)20-14-7-5-13(6-8-14)18(23)21-15-9-11-16(12-10-15)26(19,24)25/h5-12H,2-4H2,1H3,(H,20,22)(H,21,23)(H2,19,24,25). The zero-order valence-electron chi connectivity index (χ0n) is 14.4. The maximum Gasteiger partial charge on any atom is 0.255 e. The Morgan fingerprint density at radius 2 is 1.46 bits per heavy atom. The second-order valence-corrected chi connectivity index (χ2v) is 7.31. The summed E-state index contributed by atoms with van der Waals surface area (Å²) in [5.41, 5.74) is 1.48. The first-order valence-electron chi connectivity index (χ1n) is 8.13. The van der Waals surface area contributed by atoms with E-state index in [4.69, 9.17) is 5.14 Å². The maximum atomic E-state index is 12.2. The number of hydrogen-bond acceptors (Lipinski definition) is 4. The predicted octanol–water partition coefficient (Wildman–Crippen LogP) is 2.72. The smallest absolute Gasteiger partial charge is 0.255 e. The molecule has 4 N–H and O–H groups in total. The van der Waals surface area contributed by atoms with Gasteiger partial charge in [0.15, 0.2) is 0 Å². The van der Waals surface area contributed by atoms with Crippen LogP contribution in [0.5, 0.6) is 0 Å². The summed E-state index contributed by atoms with van der Waals surface area (Å²) in [7, 11) is -3.77. The number of carbonyl (C=O) groups is 2. The molecule has 0 heterocycles. The van der Waals surface area contributed by atoms with Crippen LogP contribution in [0.4, 0.5) is 11.4 Å². The second-order valence-electron chi connectivity index (χ2n) is 5.75. The van der Waals surface area contributed by atoms with Crippen LogP contribution in [0, 0.1) is 0 Å². The number of anilines is 2. The molecule has 0 fully saturated rings. The molecule has 0 unspecified atom stereocenters. The number of carbonyl (C=O) groups excluding carboxylic acids is 2. The molecule has 0 saturated carbocycles. The number of nitrogens with two attached hydrogens (primary N) is 1. The minimum Gasteiger partial charge on any atom is -0.326 e. The van der Waals surface area contributed by atoms with E-state index >= 15 is 0 Å². The maximum absolute atomic E-state index is 12.2. The lowest BCUT2D eigenvalue weighted by atomic mass is 10.1. The number of amides is 2. The highest BCUT2D eigenvalue weighted by Gasteiger charge is 2.10. The molecule has 0 aliphatic carbocycles. The molecule has 8 heteroatoms. The Balaban J connectivity index is 1.98. The Kier molecular flexibility index (Phi) is 6.48. The van der Waals surface area contributed by atoms with Crippen molar-refractivity contribution in [2.24, 2.45) is 5.14 Å². The molecule has 0 aliphatic heterocycles. The van der Waals surface area contributed by atoms with Gasteiger partial charge < -0.3 is 10.6 Å². The van der Waals surface area contributed by atoms with Gasteiger partial charge in [-0.25, -0.2) is 13.6 Å². The van der Waals surface area contributed by atoms with Crippen LogP contribution >= 0.6 is 0 Å². The molecule has 0 atom stereocenters. The Morgan fingerprint density at radius 1 is 0.923 bits per heavy atom. The molecule has 2 aromatic carbocycles. The van der Waals surface area contributed by atoms with E-state index in [1.807, 2.05) is 6.92 Å². The topological polar surface area (TPSA) is 118 Å². The Hall–Kier alpha value is -2.71. The molecule has 0 saturated heterocycles. The minimum absolute atomic E-state index is 0.0290. The van der Waals surface area contributed by atoms with Crippen LogP contribution in [0.3, 0.4) is 0 Å². The van der Waals surface area contributed by atoms with Gasteiger partial charge in [-0.3, -0.25) is 9.59 Å². The SMILES string of the molecule is CCCCC(=O)Nc1ccc(C(=O)Nc2ccc(S(N)(=O)=O)cc2)cc1. The number of hydrogen-bond donors (Lipinski definition) is 3. The molecule has 138 valence electrons. The van der Waals surface area contributed by atoms with Gasteiger partial charge in [-0.1, -0.05) is 13.3 Å². The summed E-state index contributed by atoms with van der Waals surface area (Å²) in [5.74, 6) is -0.406. The van der Waals surface area contributed by atoms with Gasteiger partial charge in [-0.2, -0.15) is 0 Å². The van der Waals surface area contributed by atoms with Gasteiger partial charge >= 0.3 is 0 Å². The van der Waals surface area contributed by atoms with Crippen molar-refractivity contribution in [1.29, 1.82) is 0 Å². The molecule has 0 aliphatic rings. The normalized spacial score (nSPS) is 11.0. The molecule has 0 bridgehead atoms. The van der Waals surface area contributed by atoms with Crippen LogP contribution in [-0.2, 0) is 14.8 Å². The third kappa shape index (κ3) is 5.68. The first-order chi connectivity index (χ1) is 12.3. The molecule has 0 radical (unpaired) electrons. The van der Waals surface area contributed by atoms with E-state index < -0.39 is 10.0 Å². The number of primary sulfonamides is 1. The quantitative estimate of drug-likeness (QED) is 0.689. The van der Waals surface area contributed by atoms with Crippen molar-refractivity contribution in [2.75, 3.05) is 10.6 Å². The number of nitrogens with one attached hydrogen (secondary N) is 2. The summed E-state index contributed by atoms with van der Waals surface area (Å²) in [6.07, 6.45) is 2.24. The van der Waals surface area contributed by atoms with Crippen LogP contribution < -0.4 is 15.8 Å². The lowest BCUT2D eigenvalue weighted by Crippen LogP contribution is -2.14. The summed E-state index contributed by atoms with van der Waals surface area (Å²) < 4.78 is 22.4. The zero-order valence-corrected chi connectivity index (χ0v) is 15.2. The fourth-order valence-corrected chi connectivity index (χ4v) is 2.71. The molecule has 2 amide bonds. The Morgan fingerprint density at radius 3 is 2.00 bits per heavy atom. The summed E-state index contributed by atoms with van der Waals surface area (Å²) in [6, 6.07) is 12.1. The highest BCUT2D eigenvalue weighted by molar-refractivity contribution is 7.89. The van der Waals surface area contributed by atoms with Crippen molar-refractivity contribution in [2.45, 2.75) is 31.1 Å². The van der Waals surface area contributed by atoms with Gasteiger partial charge in [0.05, 0.1) is 4.90 Å². The molecule has 0 spiro atoms. The van der Waals surface area contributed by atoms with Gasteiger partial charge in [-0.15, -0.1) is 0 Å². The van der Waals surface area contributed by atoms with Gasteiger partial charge in [0.1, 0.15) is 0 Å². The van der Waals surface area contributed by atoms with E-state index in [1.54, 1.807) is 24.3 Å². The predicted molar refractivity (Wildman–Crippen MR) is 100 cm³/mol. The van der Waals surface area contributed by atoms with Crippen LogP contribution in [0.15, 0.2) is 53.4 Å². The fraction of sp³-hybridized carbons (Fsp3) is 0.222. The van der Waals surface area contributed by atoms with E-state index in [-0.39, 0.29) is 16.7 Å². The lowest BCUT2D eigenvalue weighted by Gasteiger charge is -2.08. The monoisotopic (exact) mass is 375 g/mol. The molecular formula is C18H21N3O4S. The average molecular weight is 375 g/mol. The molecule has 2 rings (SSSR count). The van der Waals surface area contributed by atoms with E-state index in [2.05, 4.69) is 10.6 Å². The fourth-order valence-electron chi connectivity index (χ4n) is 2.20. The third-order valence-corrected chi connectivity index (χ3v) is 4.56. The first-order valence-corrected chi connectivity index (χ1v) is 9.68. The Bertz CT molecular complexity index is 876. The summed E-state index contributed by atoms with van der Waals surface area (Å²) in [6.45, 7) is 2.02. The van der Waals surface area contributed by atoms with E-state index in [9.17, 15) is 18.0 Å². The Labute approximate surface area is 152 Å².